The quantitative estimate of drug-likeness (QED) is 0.792. The number of halogens is 1. The van der Waals surface area contributed by atoms with Crippen LogP contribution in [0.2, 0.25) is 0 Å². The van der Waals surface area contributed by atoms with E-state index < -0.39 is 0 Å². The molecule has 1 unspecified atom stereocenters. The summed E-state index contributed by atoms with van der Waals surface area (Å²) in [5.41, 5.74) is 0. The molecule has 1 aromatic rings. The van der Waals surface area contributed by atoms with E-state index in [0.717, 1.165) is 10.2 Å². The first-order valence-corrected chi connectivity index (χ1v) is 7.32. The molecule has 16 heavy (non-hydrogen) atoms. The van der Waals surface area contributed by atoms with Crippen LogP contribution in [0.4, 0.5) is 0 Å². The zero-order chi connectivity index (χ0) is 11.4. The average molecular weight is 302 g/mol. The van der Waals surface area contributed by atoms with Crippen LogP contribution in [0.5, 0.6) is 0 Å². The lowest BCUT2D eigenvalue weighted by atomic mass is 10.4. The van der Waals surface area contributed by atoms with E-state index in [0.29, 0.717) is 12.6 Å². The van der Waals surface area contributed by atoms with Gasteiger partial charge in [-0.3, -0.25) is 0 Å². The highest BCUT2D eigenvalue weighted by Crippen LogP contribution is 2.23. The van der Waals surface area contributed by atoms with Gasteiger partial charge in [-0.15, -0.1) is 11.8 Å². The number of hydrogen-bond acceptors (Lipinski definition) is 3. The predicted molar refractivity (Wildman–Crippen MR) is 71.9 cm³/mol. The van der Waals surface area contributed by atoms with E-state index in [1.807, 2.05) is 12.1 Å². The Morgan fingerprint density at radius 2 is 2.31 bits per heavy atom. The van der Waals surface area contributed by atoms with Crippen LogP contribution >= 0.6 is 27.7 Å². The van der Waals surface area contributed by atoms with Crippen LogP contribution in [0.25, 0.3) is 0 Å². The van der Waals surface area contributed by atoms with Crippen molar-refractivity contribution in [3.8, 4) is 0 Å². The Morgan fingerprint density at radius 1 is 1.50 bits per heavy atom. The summed E-state index contributed by atoms with van der Waals surface area (Å²) in [5.74, 6) is 0.746. The fourth-order valence-electron chi connectivity index (χ4n) is 1.40. The average Bonchev–Trinajstić information content (AvgIpc) is 3.07. The third-order valence-corrected chi connectivity index (χ3v) is 4.09. The second kappa shape index (κ2) is 6.05. The highest BCUT2D eigenvalue weighted by molar-refractivity contribution is 9.10. The summed E-state index contributed by atoms with van der Waals surface area (Å²) >= 11 is 5.13. The van der Waals surface area contributed by atoms with Crippen molar-refractivity contribution in [1.29, 1.82) is 0 Å². The van der Waals surface area contributed by atoms with Gasteiger partial charge in [-0.1, -0.05) is 22.0 Å². The number of thioether (sulfide) groups is 1. The van der Waals surface area contributed by atoms with Crippen molar-refractivity contribution in [1.82, 2.24) is 5.32 Å². The molecule has 0 aliphatic heterocycles. The van der Waals surface area contributed by atoms with Gasteiger partial charge in [-0.2, -0.15) is 0 Å². The molecule has 2 N–H and O–H groups in total. The van der Waals surface area contributed by atoms with Gasteiger partial charge in [0.1, 0.15) is 0 Å². The molecule has 1 aliphatic rings. The van der Waals surface area contributed by atoms with Crippen molar-refractivity contribution in [2.45, 2.75) is 29.9 Å². The maximum atomic E-state index is 9.76. The first-order chi connectivity index (χ1) is 7.74. The molecule has 1 atom stereocenters. The normalized spacial score (nSPS) is 17.4. The molecule has 1 aromatic carbocycles. The summed E-state index contributed by atoms with van der Waals surface area (Å²) in [6, 6.07) is 8.84. The van der Waals surface area contributed by atoms with E-state index in [1.54, 1.807) is 11.8 Å². The van der Waals surface area contributed by atoms with Crippen LogP contribution in [0.1, 0.15) is 12.8 Å². The van der Waals surface area contributed by atoms with E-state index in [4.69, 9.17) is 0 Å². The lowest BCUT2D eigenvalue weighted by Crippen LogP contribution is -2.29. The first kappa shape index (κ1) is 12.4. The third-order valence-electron chi connectivity index (χ3n) is 2.46. The highest BCUT2D eigenvalue weighted by Gasteiger charge is 2.21. The summed E-state index contributed by atoms with van der Waals surface area (Å²) in [5, 5.41) is 13.1. The van der Waals surface area contributed by atoms with Crippen LogP contribution in [0.3, 0.4) is 0 Å². The Morgan fingerprint density at radius 3 is 3.00 bits per heavy atom. The predicted octanol–water partition coefficient (Wildman–Crippen LogP) is 2.65. The number of aliphatic hydroxyl groups excluding tert-OH is 1. The number of rotatable bonds is 6. The zero-order valence-electron chi connectivity index (χ0n) is 9.03. The third kappa shape index (κ3) is 4.45. The van der Waals surface area contributed by atoms with Crippen molar-refractivity contribution >= 4 is 27.7 Å². The van der Waals surface area contributed by atoms with Gasteiger partial charge in [0.25, 0.3) is 0 Å². The van der Waals surface area contributed by atoms with E-state index in [1.165, 1.54) is 17.7 Å². The lowest BCUT2D eigenvalue weighted by Gasteiger charge is -2.11. The Hall–Kier alpha value is -0.0300. The van der Waals surface area contributed by atoms with Gasteiger partial charge in [0.2, 0.25) is 0 Å². The fraction of sp³-hybridized carbons (Fsp3) is 0.500. The van der Waals surface area contributed by atoms with Gasteiger partial charge in [0.15, 0.2) is 0 Å². The second-order valence-electron chi connectivity index (χ2n) is 4.10. The van der Waals surface area contributed by atoms with E-state index in [9.17, 15) is 5.11 Å². The van der Waals surface area contributed by atoms with Crippen LogP contribution in [0, 0.1) is 0 Å². The molecule has 1 fully saturated rings. The Kier molecular flexibility index (Phi) is 4.70. The van der Waals surface area contributed by atoms with Crippen LogP contribution in [-0.4, -0.2) is 29.5 Å². The SMILES string of the molecule is OC(CNC1CC1)CSc1cccc(Br)c1. The Labute approximate surface area is 109 Å². The standard InChI is InChI=1S/C12H16BrNOS/c13-9-2-1-3-12(6-9)16-8-11(15)7-14-10-4-5-10/h1-3,6,10-11,14-15H,4-5,7-8H2. The largest absolute Gasteiger partial charge is 0.391 e. The summed E-state index contributed by atoms with van der Waals surface area (Å²) in [7, 11) is 0. The molecule has 0 spiro atoms. The maximum absolute atomic E-state index is 9.76. The molecule has 0 bridgehead atoms. The first-order valence-electron chi connectivity index (χ1n) is 5.54. The van der Waals surface area contributed by atoms with E-state index in [2.05, 4.69) is 33.4 Å². The molecule has 4 heteroatoms. The summed E-state index contributed by atoms with van der Waals surface area (Å²) in [6.45, 7) is 0.714. The van der Waals surface area contributed by atoms with Crippen LogP contribution in [0.15, 0.2) is 33.6 Å². The topological polar surface area (TPSA) is 32.3 Å². The molecular weight excluding hydrogens is 286 g/mol. The van der Waals surface area contributed by atoms with Crippen molar-refractivity contribution < 1.29 is 5.11 Å². The summed E-state index contributed by atoms with van der Waals surface area (Å²) in [4.78, 5) is 1.19. The Balaban J connectivity index is 1.69. The molecule has 1 saturated carbocycles. The van der Waals surface area contributed by atoms with Crippen LogP contribution < -0.4 is 5.32 Å². The zero-order valence-corrected chi connectivity index (χ0v) is 11.4. The smallest absolute Gasteiger partial charge is 0.0758 e. The molecular formula is C12H16BrNOS. The molecule has 1 aliphatic carbocycles. The molecule has 2 rings (SSSR count). The van der Waals surface area contributed by atoms with Gasteiger partial charge in [-0.05, 0) is 31.0 Å². The van der Waals surface area contributed by atoms with Gasteiger partial charge >= 0.3 is 0 Å². The minimum Gasteiger partial charge on any atom is -0.391 e. The lowest BCUT2D eigenvalue weighted by molar-refractivity contribution is 0.195. The van der Waals surface area contributed by atoms with E-state index in [-0.39, 0.29) is 6.10 Å². The van der Waals surface area contributed by atoms with Gasteiger partial charge < -0.3 is 10.4 Å². The molecule has 0 amide bonds. The van der Waals surface area contributed by atoms with Gasteiger partial charge in [0, 0.05) is 27.7 Å². The minimum atomic E-state index is -0.260. The number of nitrogens with one attached hydrogen (secondary N) is 1. The highest BCUT2D eigenvalue weighted by atomic mass is 79.9. The van der Waals surface area contributed by atoms with Crippen LogP contribution in [-0.2, 0) is 0 Å². The second-order valence-corrected chi connectivity index (χ2v) is 6.11. The van der Waals surface area contributed by atoms with Crippen molar-refractivity contribution in [2.75, 3.05) is 12.3 Å². The van der Waals surface area contributed by atoms with Gasteiger partial charge in [0.05, 0.1) is 6.10 Å². The summed E-state index contributed by atoms with van der Waals surface area (Å²) in [6.07, 6.45) is 2.28. The summed E-state index contributed by atoms with van der Waals surface area (Å²) < 4.78 is 1.09. The monoisotopic (exact) mass is 301 g/mol. The van der Waals surface area contributed by atoms with E-state index >= 15 is 0 Å². The molecule has 0 aromatic heterocycles. The molecule has 2 nitrogen and oxygen atoms in total. The molecule has 0 radical (unpaired) electrons. The molecule has 0 saturated heterocycles. The minimum absolute atomic E-state index is 0.260. The van der Waals surface area contributed by atoms with Gasteiger partial charge in [-0.25, -0.2) is 0 Å². The number of aliphatic hydroxyl groups is 1. The maximum Gasteiger partial charge on any atom is 0.0758 e. The fourth-order valence-corrected chi connectivity index (χ4v) is 2.84. The van der Waals surface area contributed by atoms with Crippen molar-refractivity contribution in [3.63, 3.8) is 0 Å². The molecule has 88 valence electrons. The molecule has 0 heterocycles. The van der Waals surface area contributed by atoms with Crippen molar-refractivity contribution in [3.05, 3.63) is 28.7 Å². The number of benzene rings is 1. The van der Waals surface area contributed by atoms with Crippen molar-refractivity contribution in [2.24, 2.45) is 0 Å². The number of hydrogen-bond donors (Lipinski definition) is 2. The Bertz CT molecular complexity index is 344.